The van der Waals surface area contributed by atoms with Crippen molar-refractivity contribution in [3.63, 3.8) is 0 Å². The van der Waals surface area contributed by atoms with Gasteiger partial charge in [-0.1, -0.05) is 50.2 Å². The lowest BCUT2D eigenvalue weighted by Crippen LogP contribution is -2.10. The number of benzene rings is 8. The second-order valence-electron chi connectivity index (χ2n) is 32.4. The van der Waals surface area contributed by atoms with E-state index >= 15 is 0 Å². The summed E-state index contributed by atoms with van der Waals surface area (Å²) in [5.74, 6) is 1.97. The number of aryl methyl sites for hydroxylation is 4. The summed E-state index contributed by atoms with van der Waals surface area (Å²) >= 11 is 0. The molecule has 0 bridgehead atoms. The molecule has 0 aliphatic carbocycles. The fourth-order valence-corrected chi connectivity index (χ4v) is 13.4. The lowest BCUT2D eigenvalue weighted by atomic mass is 10.1. The Morgan fingerprint density at radius 1 is 0.309 bits per heavy atom. The number of halogens is 12. The van der Waals surface area contributed by atoms with Gasteiger partial charge in [0.05, 0.1) is 168 Å². The zero-order chi connectivity index (χ0) is 99.3. The lowest BCUT2D eigenvalue weighted by molar-refractivity contribution is -0.138. The van der Waals surface area contributed by atoms with Crippen LogP contribution in [0, 0.1) is 33.6 Å². The first kappa shape index (κ1) is 99.6. The molecule has 8 heterocycles. The van der Waals surface area contributed by atoms with Gasteiger partial charge in [-0.3, -0.25) is 19.9 Å². The molecular formula is C99H94F12N28. The van der Waals surface area contributed by atoms with E-state index in [4.69, 9.17) is 0 Å². The van der Waals surface area contributed by atoms with Crippen molar-refractivity contribution < 1.29 is 52.7 Å². The fourth-order valence-electron chi connectivity index (χ4n) is 13.4. The van der Waals surface area contributed by atoms with Gasteiger partial charge in [-0.25, -0.2) is 61.6 Å². The number of rotatable bonds is 27. The minimum absolute atomic E-state index is 0.303. The van der Waals surface area contributed by atoms with Gasteiger partial charge < -0.3 is 41.7 Å². The predicted molar refractivity (Wildman–Crippen MR) is 529 cm³/mol. The highest BCUT2D eigenvalue weighted by atomic mass is 19.4. The molecule has 0 aliphatic rings. The van der Waals surface area contributed by atoms with Crippen molar-refractivity contribution in [2.75, 3.05) is 98.1 Å². The highest BCUT2D eigenvalue weighted by Gasteiger charge is 2.34. The van der Waals surface area contributed by atoms with Crippen LogP contribution >= 0.6 is 0 Å². The molecule has 0 saturated carbocycles. The zero-order valence-electron chi connectivity index (χ0n) is 76.9. The molecule has 8 aromatic heterocycles. The van der Waals surface area contributed by atoms with Crippen molar-refractivity contribution in [3.8, 4) is 0 Å². The first-order valence-corrected chi connectivity index (χ1v) is 43.0. The molecule has 0 aliphatic heterocycles. The van der Waals surface area contributed by atoms with Crippen LogP contribution in [-0.2, 0) is 24.7 Å². The lowest BCUT2D eigenvalue weighted by Gasteiger charge is -2.15. The summed E-state index contributed by atoms with van der Waals surface area (Å²) in [6, 6.07) is 57.7. The van der Waals surface area contributed by atoms with E-state index in [1.807, 2.05) is 138 Å². The molecule has 10 N–H and O–H groups in total. The van der Waals surface area contributed by atoms with Crippen LogP contribution in [-0.4, -0.2) is 125 Å². The van der Waals surface area contributed by atoms with Crippen molar-refractivity contribution in [1.82, 2.24) is 59.8 Å². The van der Waals surface area contributed by atoms with E-state index < -0.39 is 47.0 Å². The van der Waals surface area contributed by atoms with Crippen molar-refractivity contribution in [3.05, 3.63) is 311 Å². The Balaban J connectivity index is 0.000000156. The number of anilines is 16. The Bertz CT molecular complexity index is 7060. The second-order valence-corrected chi connectivity index (χ2v) is 32.4. The number of alkyl halides is 12. The number of hydrazone groups is 4. The Morgan fingerprint density at radius 2 is 0.619 bits per heavy atom. The average Bonchev–Trinajstić information content (AvgIpc) is 0.790. The highest BCUT2D eigenvalue weighted by Crippen LogP contribution is 2.38. The largest absolute Gasteiger partial charge is 0.416 e. The van der Waals surface area contributed by atoms with E-state index in [2.05, 4.69) is 162 Å². The maximum atomic E-state index is 12.9. The molecule has 16 aromatic rings. The standard InChI is InChI=1S/C26H26F3N7.C25H24F3N7.2C24H22F3N7/c1-16(2)13-30-19-9-10-23-17(3)33-25(35-24(23)12-19)36-32-15-21-7-8-22(14-31-21)34-20-6-4-5-18(11-20)26(27,28)29;1-15(2)31-19-9-10-22-16(3)32-24(34-23(22)12-19)35-30-14-20-7-8-21(13-29-20)33-18-6-4-5-17(11-18)25(26,27)28;1-15-20-8-5-9-21(34(2)3)22(20)32-23(30-15)33-29-14-18-10-11-19(13-28-18)31-17-7-4-6-16(12-17)24(25,26)27;1-15-21-10-9-20(34(2)3)12-22(21)32-23(30-15)33-29-14-18-7-8-19(13-28-18)31-17-6-4-5-16(11-17)24(25,26)27/h4-12,14-16,30,34H,13H2,1-3H3,(H,33,35,36);4-15,31,33H,1-3H3,(H,32,34,35);2*4-14,31H,1-3H3,(H,30,32,33)/b32-15+;30-14+;2*29-14+. The number of hydrogen-bond donors (Lipinski definition) is 10. The number of para-hydroxylation sites is 1. The molecular weight excluding hydrogens is 1810 g/mol. The summed E-state index contributed by atoms with van der Waals surface area (Å²) in [7, 11) is 7.83. The number of hydrogen-bond acceptors (Lipinski definition) is 28. The van der Waals surface area contributed by atoms with Crippen molar-refractivity contribution in [1.29, 1.82) is 0 Å². The fraction of sp³-hybridized carbons (Fsp3) is 0.192. The van der Waals surface area contributed by atoms with Crippen molar-refractivity contribution >= 4 is 161 Å². The van der Waals surface area contributed by atoms with Crippen molar-refractivity contribution in [2.24, 2.45) is 26.3 Å². The molecule has 28 nitrogen and oxygen atoms in total. The van der Waals surface area contributed by atoms with E-state index in [0.717, 1.165) is 144 Å². The van der Waals surface area contributed by atoms with Crippen LogP contribution in [0.3, 0.4) is 0 Å². The van der Waals surface area contributed by atoms with Gasteiger partial charge in [0.1, 0.15) is 0 Å². The number of pyridine rings is 4. The van der Waals surface area contributed by atoms with Crippen LogP contribution < -0.4 is 63.4 Å². The van der Waals surface area contributed by atoms with Crippen molar-refractivity contribution in [2.45, 2.75) is 86.1 Å². The van der Waals surface area contributed by atoms with E-state index in [0.29, 0.717) is 104 Å². The molecule has 0 spiro atoms. The van der Waals surface area contributed by atoms with Gasteiger partial charge in [-0.2, -0.15) is 73.1 Å². The Hall–Kier alpha value is -16.8. The summed E-state index contributed by atoms with van der Waals surface area (Å²) in [4.78, 5) is 57.0. The maximum Gasteiger partial charge on any atom is 0.416 e. The number of nitrogens with zero attached hydrogens (tertiary/aromatic N) is 18. The average molecular weight is 1900 g/mol. The molecule has 0 fully saturated rings. The van der Waals surface area contributed by atoms with Crippen LogP contribution in [0.2, 0.25) is 0 Å². The smallest absolute Gasteiger partial charge is 0.385 e. The van der Waals surface area contributed by atoms with E-state index in [1.165, 1.54) is 73.9 Å². The van der Waals surface area contributed by atoms with Gasteiger partial charge in [0.25, 0.3) is 0 Å². The third-order valence-electron chi connectivity index (χ3n) is 20.2. The third-order valence-corrected chi connectivity index (χ3v) is 20.2. The molecule has 0 saturated heterocycles. The number of fused-ring (bicyclic) bond motifs is 4. The summed E-state index contributed by atoms with van der Waals surface area (Å²) in [5, 5.41) is 38.9. The first-order chi connectivity index (χ1) is 66.2. The maximum absolute atomic E-state index is 12.9. The summed E-state index contributed by atoms with van der Waals surface area (Å²) in [6.07, 6.45) is -5.50. The normalized spacial score (nSPS) is 11.8. The zero-order valence-corrected chi connectivity index (χ0v) is 76.9. The van der Waals surface area contributed by atoms with Crippen LogP contribution in [0.5, 0.6) is 0 Å². The third kappa shape index (κ3) is 28.6. The number of aromatic nitrogens is 12. The minimum Gasteiger partial charge on any atom is -0.385 e. The van der Waals surface area contributed by atoms with Gasteiger partial charge >= 0.3 is 24.7 Å². The topological polar surface area (TPSA) is 331 Å². The van der Waals surface area contributed by atoms with Gasteiger partial charge in [-0.05, 0) is 229 Å². The summed E-state index contributed by atoms with van der Waals surface area (Å²) in [5.41, 5.74) is 24.6. The predicted octanol–water partition coefficient (Wildman–Crippen LogP) is 24.2. The van der Waals surface area contributed by atoms with Gasteiger partial charge in [0, 0.05) is 102 Å². The quantitative estimate of drug-likeness (QED) is 0.0130. The molecule has 0 atom stereocenters. The molecule has 714 valence electrons. The van der Waals surface area contributed by atoms with Gasteiger partial charge in [-0.15, -0.1) is 0 Å². The Labute approximate surface area is 790 Å². The van der Waals surface area contributed by atoms with Crippen LogP contribution in [0.25, 0.3) is 43.6 Å². The van der Waals surface area contributed by atoms with Crippen LogP contribution in [0.4, 0.5) is 145 Å². The highest BCUT2D eigenvalue weighted by molar-refractivity contribution is 5.94. The van der Waals surface area contributed by atoms with Crippen LogP contribution in [0.1, 0.15) is 95.5 Å². The molecule has 0 radical (unpaired) electrons. The van der Waals surface area contributed by atoms with Crippen LogP contribution in [0.15, 0.2) is 264 Å². The minimum atomic E-state index is -4.40. The van der Waals surface area contributed by atoms with E-state index in [-0.39, 0.29) is 0 Å². The molecule has 0 unspecified atom stereocenters. The SMILES string of the molecule is Cc1nc(N/N=C/c2ccc(Nc3cccc(C(F)(F)F)c3)cn2)nc2c(N(C)C)cccc12.Cc1nc(N/N=C/c2ccc(Nc3cccc(C(F)(F)F)c3)cn2)nc2cc(N(C)C)ccc12.Cc1nc(N/N=C/c2ccc(Nc3cccc(C(F)(F)F)c3)cn2)nc2cc(NC(C)C)ccc12.Cc1nc(N/N=C/c2ccc(Nc3cccc(C(F)(F)F)c3)cn2)nc2cc(NCC(C)C)ccc12. The summed E-state index contributed by atoms with van der Waals surface area (Å²) in [6.45, 7) is 16.9. The molecule has 139 heavy (non-hydrogen) atoms. The van der Waals surface area contributed by atoms with Gasteiger partial charge in [0.15, 0.2) is 0 Å². The van der Waals surface area contributed by atoms with Gasteiger partial charge in [0.2, 0.25) is 23.8 Å². The summed E-state index contributed by atoms with van der Waals surface area (Å²) < 4.78 is 155. The molecule has 0 amide bonds. The molecule has 40 heteroatoms. The first-order valence-electron chi connectivity index (χ1n) is 43.0. The van der Waals surface area contributed by atoms with E-state index in [9.17, 15) is 52.7 Å². The Kier molecular flexibility index (Phi) is 31.9. The Morgan fingerprint density at radius 3 is 0.935 bits per heavy atom. The second kappa shape index (κ2) is 44.5. The molecule has 16 rings (SSSR count). The number of nitrogens with one attached hydrogen (secondary N) is 10. The monoisotopic (exact) mass is 1900 g/mol. The van der Waals surface area contributed by atoms with E-state index in [1.54, 1.807) is 72.8 Å². The molecule has 8 aromatic carbocycles.